The van der Waals surface area contributed by atoms with Crippen LogP contribution in [0.4, 0.5) is 26.3 Å². The number of alkyl halides is 6. The highest BCUT2D eigenvalue weighted by atomic mass is 19.4. The van der Waals surface area contributed by atoms with Gasteiger partial charge in [0, 0.05) is 27.6 Å². The number of hydrogen-bond acceptors (Lipinski definition) is 3. The Kier molecular flexibility index (Phi) is 10.7. The van der Waals surface area contributed by atoms with Gasteiger partial charge in [-0.15, -0.1) is 0 Å². The van der Waals surface area contributed by atoms with Crippen molar-refractivity contribution in [3.8, 4) is 16.9 Å². The van der Waals surface area contributed by atoms with Crippen LogP contribution in [0.15, 0.2) is 60.7 Å². The van der Waals surface area contributed by atoms with Crippen molar-refractivity contribution >= 4 is 44.4 Å². The molecule has 2 aliphatic rings. The van der Waals surface area contributed by atoms with E-state index in [1.807, 2.05) is 6.07 Å². The molecule has 0 saturated heterocycles. The average Bonchev–Trinajstić information content (AvgIpc) is 3.85. The van der Waals surface area contributed by atoms with Gasteiger partial charge in [-0.05, 0) is 158 Å². The summed E-state index contributed by atoms with van der Waals surface area (Å²) in [6, 6.07) is 15.0. The van der Waals surface area contributed by atoms with Crippen molar-refractivity contribution in [1.29, 1.82) is 0 Å². The summed E-state index contributed by atoms with van der Waals surface area (Å²) < 4.78 is 87.8. The summed E-state index contributed by atoms with van der Waals surface area (Å²) in [4.78, 5) is 18.1. The summed E-state index contributed by atoms with van der Waals surface area (Å²) in [5.74, 6) is 0.265. The van der Waals surface area contributed by atoms with Crippen LogP contribution in [0.3, 0.4) is 0 Å². The number of nitrogens with zero attached hydrogens (tertiary/aromatic N) is 2. The van der Waals surface area contributed by atoms with E-state index in [9.17, 15) is 26.3 Å². The monoisotopic (exact) mass is 796 g/mol. The number of hydrogen-bond donors (Lipinski definition) is 2. The van der Waals surface area contributed by atoms with Gasteiger partial charge in [0.2, 0.25) is 0 Å². The van der Waals surface area contributed by atoms with E-state index in [0.29, 0.717) is 30.5 Å². The largest absolute Gasteiger partial charge is 0.489 e. The number of H-pyrrole nitrogens is 2. The zero-order valence-electron chi connectivity index (χ0n) is 33.9. The normalized spacial score (nSPS) is 13.6. The second-order valence-electron chi connectivity index (χ2n) is 15.0. The molecular weight excluding hydrogens is 751 g/mol. The van der Waals surface area contributed by atoms with Gasteiger partial charge in [-0.1, -0.05) is 39.8 Å². The first kappa shape index (κ1) is 40.6. The van der Waals surface area contributed by atoms with E-state index < -0.39 is 30.1 Å². The summed E-state index contributed by atoms with van der Waals surface area (Å²) in [6.45, 7) is 16.4. The molecule has 58 heavy (non-hydrogen) atoms. The zero-order valence-corrected chi connectivity index (χ0v) is 33.9. The Morgan fingerprint density at radius 2 is 1.05 bits per heavy atom. The second kappa shape index (κ2) is 15.3. The van der Waals surface area contributed by atoms with E-state index in [1.54, 1.807) is 18.2 Å². The average molecular weight is 797 g/mol. The van der Waals surface area contributed by atoms with Crippen LogP contribution in [0.2, 0.25) is 0 Å². The fourth-order valence-corrected chi connectivity index (χ4v) is 8.45. The SMILES string of the molecule is CCC1=C(C)c2nc1cc1[nH]c(cc3[nH]c(cc4nc(c2-c2cccc(OCc5cc(C(F)(F)F)cc(C(F)(F)F)c5)c2)C(C)=C4CC)c(C)c3CC)c(CC)c1C. The fraction of sp³-hybridized carbons (Fsp3) is 0.319. The van der Waals surface area contributed by atoms with Crippen LogP contribution in [0.25, 0.3) is 55.5 Å². The third kappa shape index (κ3) is 7.35. The zero-order chi connectivity index (χ0) is 41.8. The number of allylic oxidation sites excluding steroid dienone is 4. The van der Waals surface area contributed by atoms with E-state index in [-0.39, 0.29) is 17.4 Å². The van der Waals surface area contributed by atoms with E-state index in [2.05, 4.69) is 83.6 Å². The number of benzene rings is 2. The minimum Gasteiger partial charge on any atom is -0.489 e. The van der Waals surface area contributed by atoms with E-state index in [1.165, 1.54) is 11.1 Å². The molecule has 0 fully saturated rings. The first-order valence-corrected chi connectivity index (χ1v) is 19.7. The summed E-state index contributed by atoms with van der Waals surface area (Å²) in [6.07, 6.45) is -6.82. The van der Waals surface area contributed by atoms with Gasteiger partial charge >= 0.3 is 12.4 Å². The van der Waals surface area contributed by atoms with Crippen LogP contribution in [0.1, 0.15) is 116 Å². The summed E-state index contributed by atoms with van der Waals surface area (Å²) in [7, 11) is 0. The maximum atomic E-state index is 13.6. The molecule has 0 spiro atoms. The standard InChI is InChI=1S/C47H46F6N4O/c1-9-33-24(5)37-20-41-35(11-3)26(7)44(56-41)43(29-14-13-15-32(18-29)58-23-28-16-30(46(48,49)50)19-31(17-28)47(51,52)53)45-27(8)36(12-4)42(57-45)21-38-25(6)34(10-2)40(55-38)22-39(33)54-37/h13-22,54-55H,9-12,23H2,1-8H3. The number of aromatic amines is 2. The molecular formula is C47H46F6N4O. The van der Waals surface area contributed by atoms with E-state index in [0.717, 1.165) is 96.7 Å². The van der Waals surface area contributed by atoms with Crippen molar-refractivity contribution in [3.05, 3.63) is 122 Å². The van der Waals surface area contributed by atoms with Crippen LogP contribution >= 0.6 is 0 Å². The van der Waals surface area contributed by atoms with E-state index in [4.69, 9.17) is 14.7 Å². The van der Waals surface area contributed by atoms with E-state index >= 15 is 0 Å². The lowest BCUT2D eigenvalue weighted by molar-refractivity contribution is -0.143. The molecule has 0 saturated carbocycles. The number of aromatic nitrogens is 4. The number of ether oxygens (including phenoxy) is 1. The Bertz CT molecular complexity index is 2540. The Morgan fingerprint density at radius 3 is 1.48 bits per heavy atom. The molecule has 5 nitrogen and oxygen atoms in total. The molecule has 11 heteroatoms. The molecule has 2 aliphatic heterocycles. The first-order valence-electron chi connectivity index (χ1n) is 19.7. The van der Waals surface area contributed by atoms with Gasteiger partial charge in [0.05, 0.1) is 33.9 Å². The number of aryl methyl sites for hydroxylation is 4. The molecule has 5 heterocycles. The van der Waals surface area contributed by atoms with Crippen LogP contribution in [0.5, 0.6) is 5.75 Å². The number of fused-ring (bicyclic) bond motifs is 8. The van der Waals surface area contributed by atoms with Gasteiger partial charge < -0.3 is 14.7 Å². The molecule has 3 aromatic heterocycles. The molecule has 0 aliphatic carbocycles. The van der Waals surface area contributed by atoms with Crippen LogP contribution in [0, 0.1) is 13.8 Å². The highest BCUT2D eigenvalue weighted by Gasteiger charge is 2.37. The molecule has 2 N–H and O–H groups in total. The minimum absolute atomic E-state index is 0.115. The lowest BCUT2D eigenvalue weighted by Crippen LogP contribution is -2.12. The minimum atomic E-state index is -4.97. The van der Waals surface area contributed by atoms with Crippen LogP contribution < -0.4 is 4.74 Å². The molecule has 0 atom stereocenters. The lowest BCUT2D eigenvalue weighted by Gasteiger charge is -2.15. The molecule has 5 aromatic rings. The Morgan fingerprint density at radius 1 is 0.569 bits per heavy atom. The van der Waals surface area contributed by atoms with Crippen molar-refractivity contribution in [2.24, 2.45) is 0 Å². The highest BCUT2D eigenvalue weighted by molar-refractivity contribution is 6.02. The van der Waals surface area contributed by atoms with Gasteiger partial charge in [-0.2, -0.15) is 26.3 Å². The molecule has 0 radical (unpaired) electrons. The molecule has 7 rings (SSSR count). The first-order chi connectivity index (χ1) is 27.5. The van der Waals surface area contributed by atoms with Gasteiger partial charge in [-0.25, -0.2) is 9.97 Å². The lowest BCUT2D eigenvalue weighted by atomic mass is 9.93. The van der Waals surface area contributed by atoms with Gasteiger partial charge in [0.15, 0.2) is 0 Å². The summed E-state index contributed by atoms with van der Waals surface area (Å²) in [5, 5.41) is 0. The maximum Gasteiger partial charge on any atom is 0.416 e. The van der Waals surface area contributed by atoms with Crippen molar-refractivity contribution in [1.82, 2.24) is 19.9 Å². The third-order valence-electron chi connectivity index (χ3n) is 11.5. The quantitative estimate of drug-likeness (QED) is 0.154. The van der Waals surface area contributed by atoms with Gasteiger partial charge in [0.1, 0.15) is 12.4 Å². The predicted molar refractivity (Wildman–Crippen MR) is 221 cm³/mol. The number of halogens is 6. The Hall–Kier alpha value is -5.58. The Balaban J connectivity index is 1.50. The Labute approximate surface area is 334 Å². The smallest absolute Gasteiger partial charge is 0.416 e. The molecule has 0 amide bonds. The molecule has 0 unspecified atom stereocenters. The third-order valence-corrected chi connectivity index (χ3v) is 11.5. The molecule has 2 aromatic carbocycles. The van der Waals surface area contributed by atoms with Crippen molar-refractivity contribution < 1.29 is 31.1 Å². The van der Waals surface area contributed by atoms with Crippen molar-refractivity contribution in [2.45, 2.75) is 100 Å². The summed E-state index contributed by atoms with van der Waals surface area (Å²) in [5.41, 5.74) is 14.4. The van der Waals surface area contributed by atoms with Crippen molar-refractivity contribution in [2.75, 3.05) is 0 Å². The fourth-order valence-electron chi connectivity index (χ4n) is 8.45. The van der Waals surface area contributed by atoms with Gasteiger partial charge in [-0.3, -0.25) is 0 Å². The molecule has 302 valence electrons. The predicted octanol–water partition coefficient (Wildman–Crippen LogP) is 14.0. The van der Waals surface area contributed by atoms with Crippen molar-refractivity contribution in [3.63, 3.8) is 0 Å². The number of rotatable bonds is 8. The van der Waals surface area contributed by atoms with Crippen LogP contribution in [-0.2, 0) is 31.8 Å². The van der Waals surface area contributed by atoms with Crippen LogP contribution in [-0.4, -0.2) is 19.9 Å². The maximum absolute atomic E-state index is 13.6. The highest BCUT2D eigenvalue weighted by Crippen LogP contribution is 2.44. The summed E-state index contributed by atoms with van der Waals surface area (Å²) >= 11 is 0. The number of nitrogens with one attached hydrogen (secondary N) is 2. The molecule has 8 bridgehead atoms. The second-order valence-corrected chi connectivity index (χ2v) is 15.0. The van der Waals surface area contributed by atoms with Gasteiger partial charge in [0.25, 0.3) is 0 Å². The topological polar surface area (TPSA) is 66.6 Å².